The normalized spacial score (nSPS) is 22.6. The first-order valence-corrected chi connectivity index (χ1v) is 6.18. The predicted molar refractivity (Wildman–Crippen MR) is 64.5 cm³/mol. The number of thiazole rings is 1. The van der Waals surface area contributed by atoms with Crippen LogP contribution in [0.5, 0.6) is 0 Å². The van der Waals surface area contributed by atoms with E-state index in [0.29, 0.717) is 5.92 Å². The van der Waals surface area contributed by atoms with Gasteiger partial charge in [-0.1, -0.05) is 12.1 Å². The molecule has 0 amide bonds. The Bertz CT molecular complexity index is 444. The van der Waals surface area contributed by atoms with Crippen LogP contribution < -0.4 is 0 Å². The van der Waals surface area contributed by atoms with Crippen molar-refractivity contribution in [2.75, 3.05) is 20.1 Å². The van der Waals surface area contributed by atoms with Gasteiger partial charge in [-0.3, -0.25) is 0 Å². The van der Waals surface area contributed by atoms with Gasteiger partial charge in [0, 0.05) is 12.5 Å². The van der Waals surface area contributed by atoms with E-state index in [1.54, 1.807) is 0 Å². The van der Waals surface area contributed by atoms with Gasteiger partial charge in [-0.25, -0.2) is 4.98 Å². The SMILES string of the molecule is CN1CC[C@H](c2nc3ccccc3s2)C1. The van der Waals surface area contributed by atoms with Crippen molar-refractivity contribution in [2.24, 2.45) is 0 Å². The molecule has 2 aromatic rings. The molecule has 78 valence electrons. The smallest absolute Gasteiger partial charge is 0.0982 e. The Kier molecular flexibility index (Phi) is 2.22. The highest BCUT2D eigenvalue weighted by atomic mass is 32.1. The molecule has 1 aliphatic heterocycles. The molecule has 0 unspecified atom stereocenters. The lowest BCUT2D eigenvalue weighted by molar-refractivity contribution is 0.411. The second kappa shape index (κ2) is 3.58. The molecule has 1 aliphatic rings. The van der Waals surface area contributed by atoms with Crippen LogP contribution in [-0.2, 0) is 0 Å². The quantitative estimate of drug-likeness (QED) is 0.731. The zero-order valence-electron chi connectivity index (χ0n) is 8.81. The van der Waals surface area contributed by atoms with Crippen molar-refractivity contribution >= 4 is 21.6 Å². The van der Waals surface area contributed by atoms with E-state index in [9.17, 15) is 0 Å². The number of fused-ring (bicyclic) bond motifs is 1. The largest absolute Gasteiger partial charge is 0.306 e. The Morgan fingerprint density at radius 3 is 3.00 bits per heavy atom. The fraction of sp³-hybridized carbons (Fsp3) is 0.417. The van der Waals surface area contributed by atoms with Gasteiger partial charge in [-0.15, -0.1) is 11.3 Å². The molecule has 3 rings (SSSR count). The molecule has 0 aliphatic carbocycles. The summed E-state index contributed by atoms with van der Waals surface area (Å²) in [6, 6.07) is 8.42. The van der Waals surface area contributed by atoms with Crippen molar-refractivity contribution < 1.29 is 0 Å². The molecule has 3 heteroatoms. The van der Waals surface area contributed by atoms with Gasteiger partial charge in [-0.05, 0) is 32.1 Å². The number of rotatable bonds is 1. The molecule has 15 heavy (non-hydrogen) atoms. The summed E-state index contributed by atoms with van der Waals surface area (Å²) in [5, 5.41) is 1.32. The van der Waals surface area contributed by atoms with Gasteiger partial charge in [0.15, 0.2) is 0 Å². The predicted octanol–water partition coefficient (Wildman–Crippen LogP) is 2.72. The summed E-state index contributed by atoms with van der Waals surface area (Å²) in [5.41, 5.74) is 1.16. The van der Waals surface area contributed by atoms with Crippen LogP contribution in [-0.4, -0.2) is 30.0 Å². The molecule has 1 aromatic carbocycles. The molecule has 1 fully saturated rings. The molecule has 1 saturated heterocycles. The monoisotopic (exact) mass is 218 g/mol. The van der Waals surface area contributed by atoms with Crippen molar-refractivity contribution in [2.45, 2.75) is 12.3 Å². The lowest BCUT2D eigenvalue weighted by atomic mass is 10.1. The van der Waals surface area contributed by atoms with Crippen molar-refractivity contribution in [3.63, 3.8) is 0 Å². The number of benzene rings is 1. The molecule has 1 aromatic heterocycles. The minimum absolute atomic E-state index is 0.660. The first-order chi connectivity index (χ1) is 7.33. The number of aromatic nitrogens is 1. The Labute approximate surface area is 93.6 Å². The van der Waals surface area contributed by atoms with E-state index in [4.69, 9.17) is 4.98 Å². The summed E-state index contributed by atoms with van der Waals surface area (Å²) in [6.07, 6.45) is 1.26. The second-order valence-corrected chi connectivity index (χ2v) is 5.33. The van der Waals surface area contributed by atoms with Crippen LogP contribution >= 0.6 is 11.3 Å². The summed E-state index contributed by atoms with van der Waals surface area (Å²) in [7, 11) is 2.19. The standard InChI is InChI=1S/C12H14N2S/c1-14-7-6-9(8-14)12-13-10-4-2-3-5-11(10)15-12/h2-5,9H,6-8H2,1H3/t9-/m0/s1. The summed E-state index contributed by atoms with van der Waals surface area (Å²) in [4.78, 5) is 7.11. The third kappa shape index (κ3) is 1.66. The van der Waals surface area contributed by atoms with Crippen LogP contribution in [0.25, 0.3) is 10.2 Å². The van der Waals surface area contributed by atoms with Crippen LogP contribution in [0.2, 0.25) is 0 Å². The van der Waals surface area contributed by atoms with Crippen molar-refractivity contribution in [3.05, 3.63) is 29.3 Å². The van der Waals surface area contributed by atoms with E-state index in [0.717, 1.165) is 5.52 Å². The van der Waals surface area contributed by atoms with E-state index >= 15 is 0 Å². The van der Waals surface area contributed by atoms with Crippen LogP contribution in [0.3, 0.4) is 0 Å². The van der Waals surface area contributed by atoms with E-state index in [1.807, 2.05) is 11.3 Å². The number of likely N-dealkylation sites (tertiary alicyclic amines) is 1. The maximum atomic E-state index is 4.72. The summed E-state index contributed by atoms with van der Waals surface area (Å²) in [5.74, 6) is 0.660. The van der Waals surface area contributed by atoms with Crippen LogP contribution in [0.4, 0.5) is 0 Å². The molecule has 0 N–H and O–H groups in total. The van der Waals surface area contributed by atoms with E-state index in [-0.39, 0.29) is 0 Å². The zero-order chi connectivity index (χ0) is 10.3. The van der Waals surface area contributed by atoms with Crippen LogP contribution in [0.15, 0.2) is 24.3 Å². The highest BCUT2D eigenvalue weighted by Crippen LogP contribution is 2.32. The molecular formula is C12H14N2S. The van der Waals surface area contributed by atoms with Gasteiger partial charge in [0.2, 0.25) is 0 Å². The topological polar surface area (TPSA) is 16.1 Å². The van der Waals surface area contributed by atoms with Crippen molar-refractivity contribution in [3.8, 4) is 0 Å². The number of nitrogens with zero attached hydrogens (tertiary/aromatic N) is 2. The van der Waals surface area contributed by atoms with E-state index < -0.39 is 0 Å². The molecule has 2 heterocycles. The molecule has 0 bridgehead atoms. The summed E-state index contributed by atoms with van der Waals surface area (Å²) < 4.78 is 1.32. The van der Waals surface area contributed by atoms with Crippen LogP contribution in [0.1, 0.15) is 17.3 Å². The van der Waals surface area contributed by atoms with Gasteiger partial charge in [0.05, 0.1) is 15.2 Å². The zero-order valence-corrected chi connectivity index (χ0v) is 9.63. The number of likely N-dealkylation sites (N-methyl/N-ethyl adjacent to an activating group) is 1. The molecule has 0 saturated carbocycles. The Morgan fingerprint density at radius 2 is 2.27 bits per heavy atom. The molecular weight excluding hydrogens is 204 g/mol. The average molecular weight is 218 g/mol. The summed E-state index contributed by atoms with van der Waals surface area (Å²) in [6.45, 7) is 2.38. The van der Waals surface area contributed by atoms with Gasteiger partial charge >= 0.3 is 0 Å². The Balaban J connectivity index is 1.98. The molecule has 0 spiro atoms. The minimum Gasteiger partial charge on any atom is -0.306 e. The van der Waals surface area contributed by atoms with E-state index in [2.05, 4.69) is 36.2 Å². The third-order valence-electron chi connectivity index (χ3n) is 3.05. The van der Waals surface area contributed by atoms with Crippen molar-refractivity contribution in [1.29, 1.82) is 0 Å². The van der Waals surface area contributed by atoms with Gasteiger partial charge < -0.3 is 4.90 Å². The molecule has 1 atom stereocenters. The maximum Gasteiger partial charge on any atom is 0.0982 e. The fourth-order valence-electron chi connectivity index (χ4n) is 2.20. The average Bonchev–Trinajstić information content (AvgIpc) is 2.82. The lowest BCUT2D eigenvalue weighted by Crippen LogP contribution is -2.13. The minimum atomic E-state index is 0.660. The first kappa shape index (κ1) is 9.31. The number of hydrogen-bond donors (Lipinski definition) is 0. The third-order valence-corrected chi connectivity index (χ3v) is 4.25. The van der Waals surface area contributed by atoms with E-state index in [1.165, 1.54) is 29.2 Å². The van der Waals surface area contributed by atoms with Gasteiger partial charge in [-0.2, -0.15) is 0 Å². The second-order valence-electron chi connectivity index (χ2n) is 4.27. The highest BCUT2D eigenvalue weighted by molar-refractivity contribution is 7.18. The van der Waals surface area contributed by atoms with Crippen molar-refractivity contribution in [1.82, 2.24) is 9.88 Å². The Hall–Kier alpha value is -0.930. The van der Waals surface area contributed by atoms with Gasteiger partial charge in [0.1, 0.15) is 0 Å². The molecule has 0 radical (unpaired) electrons. The first-order valence-electron chi connectivity index (χ1n) is 5.37. The number of para-hydroxylation sites is 1. The van der Waals surface area contributed by atoms with Gasteiger partial charge in [0.25, 0.3) is 0 Å². The Morgan fingerprint density at radius 1 is 1.40 bits per heavy atom. The van der Waals surface area contributed by atoms with Crippen LogP contribution in [0, 0.1) is 0 Å². The summed E-state index contributed by atoms with van der Waals surface area (Å²) >= 11 is 1.86. The number of hydrogen-bond acceptors (Lipinski definition) is 3. The highest BCUT2D eigenvalue weighted by Gasteiger charge is 2.23. The fourth-order valence-corrected chi connectivity index (χ4v) is 3.29. The maximum absolute atomic E-state index is 4.72. The molecule has 2 nitrogen and oxygen atoms in total. The lowest BCUT2D eigenvalue weighted by Gasteiger charge is -2.06.